The van der Waals surface area contributed by atoms with Crippen LogP contribution in [0.3, 0.4) is 0 Å². The topological polar surface area (TPSA) is 104 Å². The van der Waals surface area contributed by atoms with Gasteiger partial charge in [0.1, 0.15) is 17.3 Å². The first-order chi connectivity index (χ1) is 14.4. The first-order valence-electron chi connectivity index (χ1n) is 9.49. The molecule has 0 radical (unpaired) electrons. The van der Waals surface area contributed by atoms with E-state index in [2.05, 4.69) is 15.5 Å². The number of piperidine rings is 1. The second-order valence-corrected chi connectivity index (χ2v) is 7.88. The molecule has 2 aliphatic rings. The van der Waals surface area contributed by atoms with Crippen molar-refractivity contribution in [1.29, 1.82) is 0 Å². The lowest BCUT2D eigenvalue weighted by Gasteiger charge is -2.33. The van der Waals surface area contributed by atoms with Crippen LogP contribution >= 0.6 is 0 Å². The summed E-state index contributed by atoms with van der Waals surface area (Å²) in [5.41, 5.74) is -3.52. The third-order valence-electron chi connectivity index (χ3n) is 5.82. The number of hydrogen-bond donors (Lipinski definition) is 2. The predicted octanol–water partition coefficient (Wildman–Crippen LogP) is 2.89. The summed E-state index contributed by atoms with van der Waals surface area (Å²) in [6.45, 7) is 1.96. The van der Waals surface area contributed by atoms with Crippen molar-refractivity contribution in [1.82, 2.24) is 20.1 Å². The number of aromatic amines is 1. The van der Waals surface area contributed by atoms with Crippen molar-refractivity contribution < 1.29 is 31.2 Å². The van der Waals surface area contributed by atoms with Gasteiger partial charge in [-0.05, 0) is 31.9 Å². The first-order valence-corrected chi connectivity index (χ1v) is 9.49. The van der Waals surface area contributed by atoms with Crippen LogP contribution in [0.15, 0.2) is 21.3 Å². The van der Waals surface area contributed by atoms with E-state index in [0.29, 0.717) is 6.07 Å². The number of amides is 1. The standard InChI is InChI=1S/C18H18F5N5O3/c1-9(14(30)28-6-4-16(5-7-28)8-17(16,19)20)24-15-27-26-13(31-15)10-2-3-11(18(21,22)23)25-12(10)29/h2-3,9H,4-8H2,1H3,(H,24,27)(H,25,29)/t9-/m0/s1. The molecule has 0 aromatic carbocycles. The molecule has 1 aliphatic carbocycles. The van der Waals surface area contributed by atoms with E-state index in [4.69, 9.17) is 4.42 Å². The maximum atomic E-state index is 13.5. The molecule has 1 spiro atoms. The fraction of sp³-hybridized carbons (Fsp3) is 0.556. The summed E-state index contributed by atoms with van der Waals surface area (Å²) >= 11 is 0. The van der Waals surface area contributed by atoms with Crippen LogP contribution in [0.25, 0.3) is 11.5 Å². The maximum absolute atomic E-state index is 13.5. The SMILES string of the molecule is C[C@H](Nc1nnc(-c2ccc(C(F)(F)F)[nH]c2=O)o1)C(=O)N1CCC2(CC1)CC2(F)F. The minimum absolute atomic E-state index is 0.135. The monoisotopic (exact) mass is 447 g/mol. The Hall–Kier alpha value is -2.99. The first kappa shape index (κ1) is 21.2. The highest BCUT2D eigenvalue weighted by molar-refractivity contribution is 5.83. The Balaban J connectivity index is 1.39. The summed E-state index contributed by atoms with van der Waals surface area (Å²) in [6.07, 6.45) is -4.37. The fourth-order valence-electron chi connectivity index (χ4n) is 3.80. The molecule has 0 unspecified atom stereocenters. The number of alkyl halides is 5. The average molecular weight is 447 g/mol. The third-order valence-corrected chi connectivity index (χ3v) is 5.82. The minimum Gasteiger partial charge on any atom is -0.403 e. The predicted molar refractivity (Wildman–Crippen MR) is 96.3 cm³/mol. The molecule has 31 heavy (non-hydrogen) atoms. The van der Waals surface area contributed by atoms with Crippen LogP contribution in [0.1, 0.15) is 31.9 Å². The second kappa shape index (κ2) is 7.02. The number of halogens is 5. The molecular formula is C18H18F5N5O3. The second-order valence-electron chi connectivity index (χ2n) is 7.88. The third kappa shape index (κ3) is 3.88. The van der Waals surface area contributed by atoms with E-state index in [-0.39, 0.29) is 55.7 Å². The van der Waals surface area contributed by atoms with E-state index in [9.17, 15) is 31.5 Å². The summed E-state index contributed by atoms with van der Waals surface area (Å²) in [7, 11) is 0. The molecule has 2 N–H and O–H groups in total. The molecule has 2 fully saturated rings. The Bertz CT molecular complexity index is 1060. The van der Waals surface area contributed by atoms with Crippen LogP contribution in [-0.4, -0.2) is 51.0 Å². The maximum Gasteiger partial charge on any atom is 0.431 e. The quantitative estimate of drug-likeness (QED) is 0.699. The zero-order valence-electron chi connectivity index (χ0n) is 16.2. The van der Waals surface area contributed by atoms with Crippen LogP contribution in [0.2, 0.25) is 0 Å². The van der Waals surface area contributed by atoms with Gasteiger partial charge < -0.3 is 19.6 Å². The number of aromatic nitrogens is 3. The number of likely N-dealkylation sites (tertiary alicyclic amines) is 1. The van der Waals surface area contributed by atoms with Crippen LogP contribution in [0.5, 0.6) is 0 Å². The van der Waals surface area contributed by atoms with Crippen molar-refractivity contribution in [2.45, 2.75) is 44.3 Å². The molecule has 4 rings (SSSR count). The van der Waals surface area contributed by atoms with Gasteiger partial charge in [-0.2, -0.15) is 13.2 Å². The molecule has 1 saturated carbocycles. The van der Waals surface area contributed by atoms with Crippen LogP contribution < -0.4 is 10.9 Å². The van der Waals surface area contributed by atoms with E-state index < -0.39 is 34.8 Å². The molecule has 3 heterocycles. The highest BCUT2D eigenvalue weighted by Crippen LogP contribution is 2.65. The lowest BCUT2D eigenvalue weighted by atomic mass is 9.92. The lowest BCUT2D eigenvalue weighted by Crippen LogP contribution is -2.46. The van der Waals surface area contributed by atoms with Crippen molar-refractivity contribution in [2.75, 3.05) is 18.4 Å². The molecule has 13 heteroatoms. The molecule has 8 nitrogen and oxygen atoms in total. The van der Waals surface area contributed by atoms with Gasteiger partial charge in [0, 0.05) is 24.9 Å². The van der Waals surface area contributed by atoms with Crippen molar-refractivity contribution in [3.05, 3.63) is 28.2 Å². The van der Waals surface area contributed by atoms with E-state index in [0.717, 1.165) is 6.07 Å². The fourth-order valence-corrected chi connectivity index (χ4v) is 3.80. The molecular weight excluding hydrogens is 429 g/mol. The lowest BCUT2D eigenvalue weighted by molar-refractivity contribution is -0.141. The van der Waals surface area contributed by atoms with Crippen molar-refractivity contribution >= 4 is 11.9 Å². The minimum atomic E-state index is -4.71. The number of nitrogens with one attached hydrogen (secondary N) is 2. The zero-order chi connectivity index (χ0) is 22.6. The molecule has 0 bridgehead atoms. The Morgan fingerprint density at radius 1 is 1.26 bits per heavy atom. The average Bonchev–Trinajstić information content (AvgIpc) is 3.01. The summed E-state index contributed by atoms with van der Waals surface area (Å²) in [4.78, 5) is 27.7. The van der Waals surface area contributed by atoms with Gasteiger partial charge in [0.15, 0.2) is 0 Å². The Labute approximate surface area is 171 Å². The number of H-pyrrole nitrogens is 1. The van der Waals surface area contributed by atoms with Crippen molar-refractivity contribution in [3.8, 4) is 11.5 Å². The van der Waals surface area contributed by atoms with E-state index >= 15 is 0 Å². The van der Waals surface area contributed by atoms with E-state index in [1.54, 1.807) is 4.98 Å². The molecule has 168 valence electrons. The normalized spacial score (nSPS) is 20.5. The summed E-state index contributed by atoms with van der Waals surface area (Å²) < 4.78 is 70.2. The van der Waals surface area contributed by atoms with Crippen molar-refractivity contribution in [2.24, 2.45) is 5.41 Å². The highest BCUT2D eigenvalue weighted by Gasteiger charge is 2.70. The van der Waals surface area contributed by atoms with Gasteiger partial charge in [-0.3, -0.25) is 9.59 Å². The molecule has 1 amide bonds. The number of anilines is 1. The Morgan fingerprint density at radius 3 is 2.45 bits per heavy atom. The number of carbonyl (C=O) groups is 1. The summed E-state index contributed by atoms with van der Waals surface area (Å²) in [5.74, 6) is -3.32. The molecule has 1 aliphatic heterocycles. The number of hydrogen-bond acceptors (Lipinski definition) is 6. The largest absolute Gasteiger partial charge is 0.431 e. The van der Waals surface area contributed by atoms with Crippen molar-refractivity contribution in [3.63, 3.8) is 0 Å². The molecule has 2 aromatic rings. The van der Waals surface area contributed by atoms with Gasteiger partial charge in [-0.1, -0.05) is 5.10 Å². The molecule has 2 aromatic heterocycles. The van der Waals surface area contributed by atoms with Gasteiger partial charge in [0.2, 0.25) is 5.91 Å². The smallest absolute Gasteiger partial charge is 0.403 e. The molecule has 1 saturated heterocycles. The number of rotatable bonds is 4. The van der Waals surface area contributed by atoms with Crippen LogP contribution in [0.4, 0.5) is 28.0 Å². The Morgan fingerprint density at radius 2 is 1.90 bits per heavy atom. The summed E-state index contributed by atoms with van der Waals surface area (Å²) in [5, 5.41) is 9.94. The number of nitrogens with zero attached hydrogens (tertiary/aromatic N) is 3. The van der Waals surface area contributed by atoms with Crippen LogP contribution in [-0.2, 0) is 11.0 Å². The van der Waals surface area contributed by atoms with Gasteiger partial charge in [0.05, 0.1) is 0 Å². The Kier molecular flexibility index (Phi) is 4.81. The van der Waals surface area contributed by atoms with Gasteiger partial charge in [0.25, 0.3) is 17.4 Å². The van der Waals surface area contributed by atoms with Crippen LogP contribution in [0, 0.1) is 5.41 Å². The van der Waals surface area contributed by atoms with Gasteiger partial charge in [-0.15, -0.1) is 5.10 Å². The molecule has 1 atom stereocenters. The highest BCUT2D eigenvalue weighted by atomic mass is 19.4. The van der Waals surface area contributed by atoms with E-state index in [1.165, 1.54) is 11.8 Å². The number of pyridine rings is 1. The zero-order valence-corrected chi connectivity index (χ0v) is 16.2. The van der Waals surface area contributed by atoms with Gasteiger partial charge >= 0.3 is 12.2 Å². The van der Waals surface area contributed by atoms with Gasteiger partial charge in [-0.25, -0.2) is 8.78 Å². The van der Waals surface area contributed by atoms with E-state index in [1.807, 2.05) is 0 Å². The summed E-state index contributed by atoms with van der Waals surface area (Å²) in [6, 6.07) is 0.544. The number of carbonyl (C=O) groups excluding carboxylic acids is 1.